The lowest BCUT2D eigenvalue weighted by Crippen LogP contribution is -2.46. The normalized spacial score (nSPS) is 15.5. The summed E-state index contributed by atoms with van der Waals surface area (Å²) in [5.41, 5.74) is 5.34. The molecular weight excluding hydrogens is 484 g/mol. The molecule has 1 fully saturated rings. The summed E-state index contributed by atoms with van der Waals surface area (Å²) in [5.74, 6) is 1.63. The minimum atomic E-state index is -0.145. The maximum absolute atomic E-state index is 13.0. The molecule has 1 unspecified atom stereocenters. The van der Waals surface area contributed by atoms with E-state index in [-0.39, 0.29) is 18.4 Å². The Hall–Kier alpha value is -3.85. The predicted molar refractivity (Wildman–Crippen MR) is 147 cm³/mol. The highest BCUT2D eigenvalue weighted by Gasteiger charge is 2.25. The maximum Gasteiger partial charge on any atom is 0.254 e. The second-order valence-electron chi connectivity index (χ2n) is 9.48. The molecule has 3 heterocycles. The van der Waals surface area contributed by atoms with Crippen LogP contribution >= 0.6 is 11.3 Å². The minimum absolute atomic E-state index is 0.0184. The van der Waals surface area contributed by atoms with Gasteiger partial charge in [-0.3, -0.25) is 9.59 Å². The first kappa shape index (κ1) is 24.8. The molecule has 2 aromatic carbocycles. The van der Waals surface area contributed by atoms with Crippen molar-refractivity contribution in [2.45, 2.75) is 19.8 Å². The number of aryl methyl sites for hydroxylation is 1. The quantitative estimate of drug-likeness (QED) is 0.391. The van der Waals surface area contributed by atoms with E-state index >= 15 is 0 Å². The molecule has 2 aromatic heterocycles. The Labute approximate surface area is 220 Å². The number of anilines is 1. The third-order valence-electron chi connectivity index (χ3n) is 6.65. The number of nitrogens with one attached hydrogen (secondary N) is 1. The van der Waals surface area contributed by atoms with Gasteiger partial charge >= 0.3 is 0 Å². The Morgan fingerprint density at radius 1 is 1.14 bits per heavy atom. The molecule has 5 rings (SSSR count). The van der Waals surface area contributed by atoms with Crippen molar-refractivity contribution < 1.29 is 9.59 Å². The third kappa shape index (κ3) is 5.94. The fraction of sp³-hybridized carbons (Fsp3) is 0.321. The largest absolute Gasteiger partial charge is 0.370 e. The van der Waals surface area contributed by atoms with Crippen LogP contribution in [0.15, 0.2) is 60.1 Å². The molecule has 0 bridgehead atoms. The summed E-state index contributed by atoms with van der Waals surface area (Å²) in [7, 11) is 1.68. The highest BCUT2D eigenvalue weighted by atomic mass is 32.1. The standard InChI is InChI=1S/C28H30N6O2S/c1-19-31-24(22-10-11-23-25(13-22)37-18-30-23)14-26(32-19)29-15-20-7-6-12-34(16-20)27(35)17-33(2)28(36)21-8-4-3-5-9-21/h3-5,8-11,13-14,18,20H,6-7,12,15-17H2,1-2H3,(H,29,31,32). The number of likely N-dealkylation sites (N-methyl/N-ethyl adjacent to an activating group) is 1. The Morgan fingerprint density at radius 3 is 2.81 bits per heavy atom. The fourth-order valence-electron chi connectivity index (χ4n) is 4.70. The number of rotatable bonds is 7. The Kier molecular flexibility index (Phi) is 7.41. The lowest BCUT2D eigenvalue weighted by atomic mass is 9.98. The summed E-state index contributed by atoms with van der Waals surface area (Å²) >= 11 is 1.62. The van der Waals surface area contributed by atoms with Crippen LogP contribution in [0, 0.1) is 12.8 Å². The van der Waals surface area contributed by atoms with Crippen molar-refractivity contribution in [3.8, 4) is 11.3 Å². The number of carbonyl (C=O) groups is 2. The zero-order valence-corrected chi connectivity index (χ0v) is 21.9. The van der Waals surface area contributed by atoms with Crippen molar-refractivity contribution in [3.05, 3.63) is 71.5 Å². The maximum atomic E-state index is 13.0. The average molecular weight is 515 g/mol. The minimum Gasteiger partial charge on any atom is -0.370 e. The van der Waals surface area contributed by atoms with Crippen LogP contribution in [-0.2, 0) is 4.79 Å². The predicted octanol–water partition coefficient (Wildman–Crippen LogP) is 4.48. The monoisotopic (exact) mass is 514 g/mol. The van der Waals surface area contributed by atoms with E-state index in [0.717, 1.165) is 46.7 Å². The van der Waals surface area contributed by atoms with Gasteiger partial charge < -0.3 is 15.1 Å². The molecule has 0 spiro atoms. The molecular formula is C28H30N6O2S. The smallest absolute Gasteiger partial charge is 0.254 e. The molecule has 0 radical (unpaired) electrons. The zero-order chi connectivity index (χ0) is 25.8. The van der Waals surface area contributed by atoms with E-state index in [0.29, 0.717) is 30.4 Å². The number of piperidine rings is 1. The lowest BCUT2D eigenvalue weighted by molar-refractivity contribution is -0.133. The summed E-state index contributed by atoms with van der Waals surface area (Å²) in [4.78, 5) is 42.5. The first-order chi connectivity index (χ1) is 18.0. The van der Waals surface area contributed by atoms with Crippen LogP contribution in [0.5, 0.6) is 0 Å². The van der Waals surface area contributed by atoms with Gasteiger partial charge in [-0.25, -0.2) is 15.0 Å². The SMILES string of the molecule is Cc1nc(NCC2CCCN(C(=O)CN(C)C(=O)c3ccccc3)C2)cc(-c2ccc3ncsc3c2)n1. The van der Waals surface area contributed by atoms with Crippen molar-refractivity contribution in [2.24, 2.45) is 5.92 Å². The molecule has 0 aliphatic carbocycles. The molecule has 8 nitrogen and oxygen atoms in total. The van der Waals surface area contributed by atoms with Crippen LogP contribution < -0.4 is 5.32 Å². The number of carbonyl (C=O) groups excluding carboxylic acids is 2. The number of amides is 2. The second-order valence-corrected chi connectivity index (χ2v) is 10.4. The Bertz CT molecular complexity index is 1410. The van der Waals surface area contributed by atoms with E-state index < -0.39 is 0 Å². The van der Waals surface area contributed by atoms with Crippen molar-refractivity contribution in [1.29, 1.82) is 0 Å². The van der Waals surface area contributed by atoms with E-state index in [1.54, 1.807) is 30.5 Å². The van der Waals surface area contributed by atoms with Gasteiger partial charge in [-0.2, -0.15) is 0 Å². The van der Waals surface area contributed by atoms with Gasteiger partial charge in [0.15, 0.2) is 0 Å². The highest BCUT2D eigenvalue weighted by molar-refractivity contribution is 7.16. The van der Waals surface area contributed by atoms with Gasteiger partial charge in [0.05, 0.1) is 28.0 Å². The van der Waals surface area contributed by atoms with Crippen molar-refractivity contribution >= 4 is 39.2 Å². The number of thiazole rings is 1. The van der Waals surface area contributed by atoms with E-state index in [9.17, 15) is 9.59 Å². The average Bonchev–Trinajstić information content (AvgIpc) is 3.40. The number of nitrogens with zero attached hydrogens (tertiary/aromatic N) is 5. The molecule has 1 atom stereocenters. The van der Waals surface area contributed by atoms with Crippen LogP contribution in [0.2, 0.25) is 0 Å². The van der Waals surface area contributed by atoms with Gasteiger partial charge in [-0.1, -0.05) is 24.3 Å². The number of hydrogen-bond acceptors (Lipinski definition) is 7. The van der Waals surface area contributed by atoms with E-state index in [4.69, 9.17) is 0 Å². The summed E-state index contributed by atoms with van der Waals surface area (Å²) in [5, 5.41) is 3.47. The van der Waals surface area contributed by atoms with E-state index in [2.05, 4.69) is 26.3 Å². The van der Waals surface area contributed by atoms with Crippen LogP contribution in [0.25, 0.3) is 21.5 Å². The summed E-state index contributed by atoms with van der Waals surface area (Å²) in [6.07, 6.45) is 1.98. The van der Waals surface area contributed by atoms with Gasteiger partial charge in [0, 0.05) is 43.9 Å². The molecule has 37 heavy (non-hydrogen) atoms. The number of likely N-dealkylation sites (tertiary alicyclic amines) is 1. The number of aromatic nitrogens is 3. The van der Waals surface area contributed by atoms with Crippen molar-refractivity contribution in [2.75, 3.05) is 38.5 Å². The van der Waals surface area contributed by atoms with Crippen LogP contribution in [-0.4, -0.2) is 69.8 Å². The second kappa shape index (κ2) is 11.0. The first-order valence-electron chi connectivity index (χ1n) is 12.5. The molecule has 1 aliphatic rings. The van der Waals surface area contributed by atoms with E-state index in [1.807, 2.05) is 53.7 Å². The summed E-state index contributed by atoms with van der Waals surface area (Å²) in [6, 6.07) is 17.2. The van der Waals surface area contributed by atoms with Crippen LogP contribution in [0.4, 0.5) is 5.82 Å². The van der Waals surface area contributed by atoms with Gasteiger partial charge in [-0.05, 0) is 49.9 Å². The zero-order valence-electron chi connectivity index (χ0n) is 21.1. The molecule has 1 saturated heterocycles. The van der Waals surface area contributed by atoms with Gasteiger partial charge in [0.2, 0.25) is 5.91 Å². The number of benzene rings is 2. The van der Waals surface area contributed by atoms with E-state index in [1.165, 1.54) is 4.90 Å². The number of hydrogen-bond donors (Lipinski definition) is 1. The summed E-state index contributed by atoms with van der Waals surface area (Å²) < 4.78 is 1.13. The topological polar surface area (TPSA) is 91.3 Å². The molecule has 9 heteroatoms. The van der Waals surface area contributed by atoms with Crippen molar-refractivity contribution in [1.82, 2.24) is 24.8 Å². The molecule has 1 N–H and O–H groups in total. The molecule has 2 amide bonds. The van der Waals surface area contributed by atoms with Gasteiger partial charge in [0.1, 0.15) is 11.6 Å². The summed E-state index contributed by atoms with van der Waals surface area (Å²) in [6.45, 7) is 4.07. The Balaban J connectivity index is 1.18. The molecule has 1 aliphatic heterocycles. The lowest BCUT2D eigenvalue weighted by Gasteiger charge is -2.34. The van der Waals surface area contributed by atoms with Gasteiger partial charge in [-0.15, -0.1) is 11.3 Å². The van der Waals surface area contributed by atoms with Crippen LogP contribution in [0.3, 0.4) is 0 Å². The number of fused-ring (bicyclic) bond motifs is 1. The van der Waals surface area contributed by atoms with Crippen LogP contribution in [0.1, 0.15) is 29.0 Å². The molecule has 190 valence electrons. The highest BCUT2D eigenvalue weighted by Crippen LogP contribution is 2.27. The molecule has 0 saturated carbocycles. The van der Waals surface area contributed by atoms with Gasteiger partial charge in [0.25, 0.3) is 5.91 Å². The van der Waals surface area contributed by atoms with Crippen molar-refractivity contribution in [3.63, 3.8) is 0 Å². The Morgan fingerprint density at radius 2 is 1.97 bits per heavy atom. The fourth-order valence-corrected chi connectivity index (χ4v) is 5.42. The first-order valence-corrected chi connectivity index (χ1v) is 13.4. The third-order valence-corrected chi connectivity index (χ3v) is 7.44. The molecule has 4 aromatic rings.